The fourth-order valence-corrected chi connectivity index (χ4v) is 6.75. The first-order valence-corrected chi connectivity index (χ1v) is 13.7. The summed E-state index contributed by atoms with van der Waals surface area (Å²) in [5.41, 5.74) is 17.9. The highest BCUT2D eigenvalue weighted by Gasteiger charge is 2.53. The van der Waals surface area contributed by atoms with Crippen molar-refractivity contribution in [3.05, 3.63) is 28.4 Å². The maximum absolute atomic E-state index is 13.0. The number of thioether (sulfide) groups is 2. The van der Waals surface area contributed by atoms with Gasteiger partial charge in [0.1, 0.15) is 24.2 Å². The Bertz CT molecular complexity index is 1310. The van der Waals surface area contributed by atoms with Gasteiger partial charge >= 0.3 is 5.95 Å². The van der Waals surface area contributed by atoms with E-state index in [1.165, 1.54) is 36.0 Å². The highest BCUT2D eigenvalue weighted by atomic mass is 32.2. The number of amides is 2. The van der Waals surface area contributed by atoms with Gasteiger partial charge in [-0.1, -0.05) is 16.9 Å². The first-order chi connectivity index (χ1) is 17.7. The molecule has 196 valence electrons. The summed E-state index contributed by atoms with van der Waals surface area (Å²) in [7, 11) is 1.27. The van der Waals surface area contributed by atoms with Crippen molar-refractivity contribution in [2.24, 2.45) is 5.16 Å². The average molecular weight is 566 g/mol. The highest BCUT2D eigenvalue weighted by molar-refractivity contribution is 8.01. The van der Waals surface area contributed by atoms with Crippen LogP contribution >= 0.6 is 34.9 Å². The summed E-state index contributed by atoms with van der Waals surface area (Å²) >= 11 is 3.68. The zero-order valence-corrected chi connectivity index (χ0v) is 22.1. The molecule has 37 heavy (non-hydrogen) atoms. The number of thiazole rings is 1. The molecule has 0 bridgehead atoms. The van der Waals surface area contributed by atoms with E-state index in [1.807, 2.05) is 6.92 Å². The molecule has 0 spiro atoms. The molecule has 2 aromatic heterocycles. The van der Waals surface area contributed by atoms with Crippen molar-refractivity contribution in [3.63, 3.8) is 0 Å². The molecule has 4 rings (SSSR count). The largest absolute Gasteiger partial charge is 0.543 e. The van der Waals surface area contributed by atoms with Crippen molar-refractivity contribution < 1.29 is 28.9 Å². The van der Waals surface area contributed by atoms with Crippen LogP contribution in [0, 0.1) is 0 Å². The smallest absolute Gasteiger partial charge is 0.346 e. The number of anilines is 3. The van der Waals surface area contributed by atoms with Crippen LogP contribution in [0.3, 0.4) is 0 Å². The predicted octanol–water partition coefficient (Wildman–Crippen LogP) is -1.86. The third-order valence-electron chi connectivity index (χ3n) is 5.48. The number of hydrogen-bond acceptors (Lipinski definition) is 14. The minimum absolute atomic E-state index is 0.159. The lowest BCUT2D eigenvalue weighted by molar-refractivity contribution is -0.667. The second-order valence-electron chi connectivity index (χ2n) is 7.70. The number of nitrogens with one attached hydrogen (secondary N) is 1. The number of hydrogen-bond donors (Lipinski definition) is 4. The molecule has 14 nitrogen and oxygen atoms in total. The number of aromatic nitrogens is 3. The highest BCUT2D eigenvalue weighted by Crippen LogP contribution is 2.41. The van der Waals surface area contributed by atoms with Crippen LogP contribution in [0.25, 0.3) is 0 Å². The van der Waals surface area contributed by atoms with Crippen molar-refractivity contribution in [2.75, 3.05) is 35.8 Å². The minimum Gasteiger partial charge on any atom is -0.543 e. The Morgan fingerprint density at radius 3 is 2.73 bits per heavy atom. The van der Waals surface area contributed by atoms with Crippen LogP contribution in [0.1, 0.15) is 12.6 Å². The Morgan fingerprint density at radius 2 is 2.14 bits per heavy atom. The van der Waals surface area contributed by atoms with E-state index in [0.29, 0.717) is 28.7 Å². The molecule has 0 radical (unpaired) electrons. The predicted molar refractivity (Wildman–Crippen MR) is 137 cm³/mol. The van der Waals surface area contributed by atoms with Gasteiger partial charge in [0.15, 0.2) is 21.7 Å². The molecule has 17 heteroatoms. The molecule has 2 aliphatic heterocycles. The monoisotopic (exact) mass is 565 g/mol. The average Bonchev–Trinajstić information content (AvgIpc) is 3.29. The van der Waals surface area contributed by atoms with Crippen LogP contribution in [-0.4, -0.2) is 68.4 Å². The number of nitrogen functional groups attached to an aromatic ring is 3. The molecule has 2 aromatic rings. The fraction of sp³-hybridized carbons (Fsp3) is 0.350. The van der Waals surface area contributed by atoms with E-state index in [4.69, 9.17) is 22.0 Å². The van der Waals surface area contributed by atoms with Crippen molar-refractivity contribution in [2.45, 2.75) is 29.9 Å². The number of oxime groups is 1. The van der Waals surface area contributed by atoms with Gasteiger partial charge in [-0.15, -0.1) is 28.1 Å². The second-order valence-corrected chi connectivity index (χ2v) is 10.7. The van der Waals surface area contributed by atoms with Gasteiger partial charge in [0.25, 0.3) is 11.8 Å². The second kappa shape index (κ2) is 10.8. The standard InChI is InChI=1S/C20H23N9O5S3/c1-3-28-10(21)4-11(25-19(28)22)35-5-8-6-36-17-13(16(31)29(17)14(8)18(32)33)26-15(30)12(27-34-2)9-7-37-20(23)24-9/h4,7,13,17H,3,5-6H2,1-2H3,(H7,21,22,23,24,25,26,30,32,33)/b27-12-/t13-,17-/m1/s1. The number of carboxylic acids is 1. The third-order valence-corrected chi connectivity index (χ3v) is 8.50. The Labute approximate surface area is 223 Å². The summed E-state index contributed by atoms with van der Waals surface area (Å²) in [5.74, 6) is -1.59. The van der Waals surface area contributed by atoms with Crippen molar-refractivity contribution >= 4 is 75.3 Å². The molecule has 2 aliphatic rings. The van der Waals surface area contributed by atoms with E-state index in [0.717, 1.165) is 16.2 Å². The van der Waals surface area contributed by atoms with Gasteiger partial charge in [-0.05, 0) is 12.5 Å². The molecule has 2 atom stereocenters. The zero-order valence-electron chi connectivity index (χ0n) is 19.7. The number of carbonyl (C=O) groups excluding carboxylic acids is 3. The molecule has 0 unspecified atom stereocenters. The Morgan fingerprint density at radius 1 is 1.38 bits per heavy atom. The number of nitrogens with zero attached hydrogens (tertiary/aromatic N) is 5. The summed E-state index contributed by atoms with van der Waals surface area (Å²) in [6, 6.07) is 0.678. The quantitative estimate of drug-likeness (QED) is 0.0657. The van der Waals surface area contributed by atoms with Gasteiger partial charge < -0.3 is 37.3 Å². The maximum Gasteiger partial charge on any atom is 0.346 e. The molecule has 4 heterocycles. The van der Waals surface area contributed by atoms with E-state index < -0.39 is 29.2 Å². The van der Waals surface area contributed by atoms with Crippen LogP contribution in [0.15, 0.2) is 32.9 Å². The van der Waals surface area contributed by atoms with E-state index in [1.54, 1.807) is 10.6 Å². The third kappa shape index (κ3) is 5.14. The first-order valence-electron chi connectivity index (χ1n) is 10.8. The van der Waals surface area contributed by atoms with Crippen molar-refractivity contribution in [1.82, 2.24) is 20.2 Å². The summed E-state index contributed by atoms with van der Waals surface area (Å²) in [6.07, 6.45) is 0. The van der Waals surface area contributed by atoms with Crippen molar-refractivity contribution in [3.8, 4) is 0 Å². The van der Waals surface area contributed by atoms with Crippen LogP contribution in [0.5, 0.6) is 0 Å². The number of aliphatic carboxylic acids is 1. The molecule has 1 fully saturated rings. The first kappa shape index (κ1) is 26.5. The maximum atomic E-state index is 13.0. The number of rotatable bonds is 9. The summed E-state index contributed by atoms with van der Waals surface area (Å²) in [4.78, 5) is 52.0. The molecule has 0 aliphatic carbocycles. The van der Waals surface area contributed by atoms with Crippen LogP contribution in [0.4, 0.5) is 16.9 Å². The molecule has 2 amide bonds. The molecular weight excluding hydrogens is 542 g/mol. The Kier molecular flexibility index (Phi) is 7.74. The van der Waals surface area contributed by atoms with E-state index >= 15 is 0 Å². The number of β-lactam (4-membered cyclic amide) rings is 1. The van der Waals surface area contributed by atoms with Crippen LogP contribution in [0.2, 0.25) is 0 Å². The molecule has 0 saturated carbocycles. The van der Waals surface area contributed by atoms with E-state index in [9.17, 15) is 19.5 Å². The summed E-state index contributed by atoms with van der Waals surface area (Å²) in [6.45, 7) is 2.44. The van der Waals surface area contributed by atoms with Crippen LogP contribution < -0.4 is 32.2 Å². The number of carboxylic acid groups (broad SMARTS) is 1. The van der Waals surface area contributed by atoms with Gasteiger partial charge in [0.05, 0.1) is 18.2 Å². The van der Waals surface area contributed by atoms with E-state index in [-0.39, 0.29) is 33.9 Å². The van der Waals surface area contributed by atoms with Gasteiger partial charge in [0.2, 0.25) is 0 Å². The normalized spacial score (nSPS) is 19.4. The minimum atomic E-state index is -1.48. The molecule has 1 saturated heterocycles. The molecule has 7 N–H and O–H groups in total. The van der Waals surface area contributed by atoms with E-state index in [2.05, 4.69) is 20.4 Å². The molecular formula is C20H23N9O5S3. The zero-order chi connectivity index (χ0) is 26.9. The summed E-state index contributed by atoms with van der Waals surface area (Å²) in [5, 5.41) is 20.0. The number of carbonyl (C=O) groups is 3. The van der Waals surface area contributed by atoms with Gasteiger partial charge in [-0.25, -0.2) is 9.55 Å². The Balaban J connectivity index is 1.49. The lowest BCUT2D eigenvalue weighted by atomic mass is 10.0. The van der Waals surface area contributed by atoms with Crippen molar-refractivity contribution in [1.29, 1.82) is 0 Å². The fourth-order valence-electron chi connectivity index (χ4n) is 3.81. The van der Waals surface area contributed by atoms with Gasteiger partial charge in [-0.3, -0.25) is 14.5 Å². The lowest BCUT2D eigenvalue weighted by Gasteiger charge is -2.50. The molecule has 0 aromatic carbocycles. The van der Waals surface area contributed by atoms with Gasteiger partial charge in [-0.2, -0.15) is 0 Å². The SMILES string of the molecule is CC[n+]1c(N)cc(SCC2=C(C(=O)[O-])N3C(=O)[C@@H](NC(=O)/C(=N\OC)c4csc(N)n4)[C@H]3SC2)nc1N. The number of fused-ring (bicyclic) bond motifs is 1. The number of nitrogens with two attached hydrogens (primary N) is 3. The van der Waals surface area contributed by atoms with Crippen LogP contribution in [-0.2, 0) is 25.8 Å². The summed E-state index contributed by atoms with van der Waals surface area (Å²) < 4.78 is 1.64. The Hall–Kier alpha value is -3.57. The topological polar surface area (TPSA) is 219 Å². The van der Waals surface area contributed by atoms with Gasteiger partial charge in [0, 0.05) is 23.0 Å². The lowest BCUT2D eigenvalue weighted by Crippen LogP contribution is -2.71.